The number of carbonyl (C=O) groups is 4. The monoisotopic (exact) mass is 639 g/mol. The summed E-state index contributed by atoms with van der Waals surface area (Å²) in [5, 5.41) is 3.03. The Labute approximate surface area is 269 Å². The third-order valence-corrected chi connectivity index (χ3v) is 9.45. The Bertz CT molecular complexity index is 1420. The van der Waals surface area contributed by atoms with Crippen LogP contribution in [0, 0.1) is 11.7 Å². The highest BCUT2D eigenvalue weighted by Gasteiger charge is 2.45. The van der Waals surface area contributed by atoms with E-state index in [1.165, 1.54) is 42.5 Å². The van der Waals surface area contributed by atoms with Crippen molar-refractivity contribution in [3.8, 4) is 0 Å². The lowest BCUT2D eigenvalue weighted by Crippen LogP contribution is -2.61. The van der Waals surface area contributed by atoms with Gasteiger partial charge in [-0.1, -0.05) is 19.3 Å². The van der Waals surface area contributed by atoms with Crippen LogP contribution in [0.4, 0.5) is 9.18 Å². The number of oxazole rings is 1. The Morgan fingerprint density at radius 2 is 1.74 bits per heavy atom. The first-order chi connectivity index (χ1) is 21.8. The summed E-state index contributed by atoms with van der Waals surface area (Å²) in [4.78, 5) is 64.0. The molecular formula is C34H46FN5O6. The number of piperazine rings is 1. The van der Waals surface area contributed by atoms with E-state index in [-0.39, 0.29) is 35.0 Å². The quantitative estimate of drug-likeness (QED) is 0.412. The molecule has 0 spiro atoms. The molecule has 1 saturated carbocycles. The number of nitrogens with zero attached hydrogens (tertiary/aromatic N) is 4. The third-order valence-electron chi connectivity index (χ3n) is 9.45. The molecule has 12 heteroatoms. The van der Waals surface area contributed by atoms with Crippen molar-refractivity contribution < 1.29 is 32.7 Å². The van der Waals surface area contributed by atoms with Gasteiger partial charge in [-0.3, -0.25) is 24.2 Å². The predicted molar refractivity (Wildman–Crippen MR) is 167 cm³/mol. The van der Waals surface area contributed by atoms with Crippen molar-refractivity contribution in [1.29, 1.82) is 0 Å². The molecule has 3 fully saturated rings. The smallest absolute Gasteiger partial charge is 0.410 e. The highest BCUT2D eigenvalue weighted by molar-refractivity contribution is 6.07. The van der Waals surface area contributed by atoms with E-state index < -0.39 is 47.3 Å². The molecule has 0 unspecified atom stereocenters. The maximum absolute atomic E-state index is 14.6. The summed E-state index contributed by atoms with van der Waals surface area (Å²) in [6, 6.07) is 3.17. The Balaban J connectivity index is 1.40. The van der Waals surface area contributed by atoms with Crippen molar-refractivity contribution in [3.05, 3.63) is 53.5 Å². The van der Waals surface area contributed by atoms with Crippen LogP contribution < -0.4 is 5.32 Å². The number of hydrogen-bond donors (Lipinski definition) is 1. The van der Waals surface area contributed by atoms with Gasteiger partial charge in [0.05, 0.1) is 0 Å². The lowest BCUT2D eigenvalue weighted by molar-refractivity contribution is -0.145. The summed E-state index contributed by atoms with van der Waals surface area (Å²) in [6.07, 6.45) is 7.24. The largest absolute Gasteiger partial charge is 0.446 e. The fourth-order valence-corrected chi connectivity index (χ4v) is 6.74. The summed E-state index contributed by atoms with van der Waals surface area (Å²) >= 11 is 0. The second kappa shape index (κ2) is 13.9. The molecule has 0 radical (unpaired) electrons. The van der Waals surface area contributed by atoms with Gasteiger partial charge in [0, 0.05) is 31.7 Å². The van der Waals surface area contributed by atoms with Gasteiger partial charge in [0.1, 0.15) is 41.5 Å². The Kier molecular flexibility index (Phi) is 10.1. The maximum atomic E-state index is 14.6. The van der Waals surface area contributed by atoms with Crippen molar-refractivity contribution >= 4 is 23.7 Å². The van der Waals surface area contributed by atoms with Crippen LogP contribution >= 0.6 is 0 Å². The van der Waals surface area contributed by atoms with E-state index in [1.54, 1.807) is 32.6 Å². The van der Waals surface area contributed by atoms with Gasteiger partial charge < -0.3 is 19.4 Å². The molecule has 46 heavy (non-hydrogen) atoms. The van der Waals surface area contributed by atoms with E-state index in [1.807, 2.05) is 0 Å². The molecule has 1 aliphatic carbocycles. The van der Waals surface area contributed by atoms with E-state index >= 15 is 0 Å². The Morgan fingerprint density at radius 3 is 2.41 bits per heavy atom. The molecule has 2 aliphatic heterocycles. The van der Waals surface area contributed by atoms with Gasteiger partial charge in [0.25, 0.3) is 0 Å². The molecule has 1 aromatic carbocycles. The van der Waals surface area contributed by atoms with Gasteiger partial charge in [0.15, 0.2) is 0 Å². The van der Waals surface area contributed by atoms with Gasteiger partial charge in [-0.2, -0.15) is 0 Å². The molecule has 3 aliphatic rings. The van der Waals surface area contributed by atoms with Crippen LogP contribution in [0.5, 0.6) is 0 Å². The highest BCUT2D eigenvalue weighted by atomic mass is 19.1. The number of carbonyl (C=O) groups excluding carboxylic acids is 4. The van der Waals surface area contributed by atoms with Crippen LogP contribution in [-0.2, 0) is 14.3 Å². The van der Waals surface area contributed by atoms with Gasteiger partial charge in [-0.25, -0.2) is 14.2 Å². The van der Waals surface area contributed by atoms with Crippen molar-refractivity contribution in [2.45, 2.75) is 102 Å². The van der Waals surface area contributed by atoms with Crippen molar-refractivity contribution in [2.75, 3.05) is 26.7 Å². The zero-order valence-corrected chi connectivity index (χ0v) is 27.5. The molecule has 11 nitrogen and oxygen atoms in total. The van der Waals surface area contributed by atoms with Crippen LogP contribution in [0.25, 0.3) is 0 Å². The SMILES string of the molecule is C[C@@H](C(=O)N[C@H](C(=O)N1C[C@H]2CCCN2C[C@H]1c1nc(C(=O)c2ccc(F)cc2)co1)C1CCCCC1)N(C)C(=O)OC(C)(C)C. The second-order valence-corrected chi connectivity index (χ2v) is 13.9. The molecule has 0 bridgehead atoms. The number of benzene rings is 1. The van der Waals surface area contributed by atoms with Crippen LogP contribution in [0.1, 0.15) is 101 Å². The molecule has 250 valence electrons. The second-order valence-electron chi connectivity index (χ2n) is 13.9. The van der Waals surface area contributed by atoms with Crippen LogP contribution in [0.3, 0.4) is 0 Å². The number of amides is 3. The van der Waals surface area contributed by atoms with Crippen molar-refractivity contribution in [3.63, 3.8) is 0 Å². The fraction of sp³-hybridized carbons (Fsp3) is 0.618. The molecule has 5 rings (SSSR count). The maximum Gasteiger partial charge on any atom is 0.410 e. The molecular weight excluding hydrogens is 593 g/mol. The van der Waals surface area contributed by atoms with Crippen LogP contribution in [0.2, 0.25) is 0 Å². The van der Waals surface area contributed by atoms with Gasteiger partial charge >= 0.3 is 6.09 Å². The van der Waals surface area contributed by atoms with Gasteiger partial charge in [0.2, 0.25) is 23.5 Å². The number of likely N-dealkylation sites (N-methyl/N-ethyl adjacent to an activating group) is 1. The summed E-state index contributed by atoms with van der Waals surface area (Å²) in [5.41, 5.74) is -0.361. The minimum Gasteiger partial charge on any atom is -0.446 e. The van der Waals surface area contributed by atoms with Crippen molar-refractivity contribution in [2.24, 2.45) is 5.92 Å². The molecule has 3 heterocycles. The average molecular weight is 640 g/mol. The molecule has 2 saturated heterocycles. The summed E-state index contributed by atoms with van der Waals surface area (Å²) in [7, 11) is 1.51. The number of ether oxygens (including phenoxy) is 1. The number of fused-ring (bicyclic) bond motifs is 1. The summed E-state index contributed by atoms with van der Waals surface area (Å²) in [5.74, 6) is -1.31. The predicted octanol–water partition coefficient (Wildman–Crippen LogP) is 4.71. The van der Waals surface area contributed by atoms with Crippen LogP contribution in [-0.4, -0.2) is 93.8 Å². The zero-order valence-electron chi connectivity index (χ0n) is 27.5. The lowest BCUT2D eigenvalue weighted by Gasteiger charge is -2.44. The van der Waals surface area contributed by atoms with Crippen LogP contribution in [0.15, 0.2) is 34.9 Å². The van der Waals surface area contributed by atoms with Gasteiger partial charge in [-0.15, -0.1) is 0 Å². The van der Waals surface area contributed by atoms with Crippen molar-refractivity contribution in [1.82, 2.24) is 25.0 Å². The minimum atomic E-state index is -0.872. The first-order valence-electron chi connectivity index (χ1n) is 16.4. The standard InChI is InChI=1S/C34H46FN5O6/c1-21(38(5)33(44)46-34(2,3)4)30(42)37-28(22-10-7-6-8-11-22)32(43)40-18-25-12-9-17-39(25)19-27(40)31-36-26(20-45-31)29(41)23-13-15-24(35)16-14-23/h13-16,20-22,25,27-28H,6-12,17-19H2,1-5H3,(H,37,42)/t21-,25+,27-,28-/m0/s1. The number of hydrogen-bond acceptors (Lipinski definition) is 8. The normalized spacial score (nSPS) is 22.1. The van der Waals surface area contributed by atoms with E-state index in [9.17, 15) is 23.6 Å². The number of rotatable bonds is 8. The lowest BCUT2D eigenvalue weighted by atomic mass is 9.82. The van der Waals surface area contributed by atoms with E-state index in [2.05, 4.69) is 15.2 Å². The summed E-state index contributed by atoms with van der Waals surface area (Å²) in [6.45, 7) is 8.73. The average Bonchev–Trinajstić information content (AvgIpc) is 3.71. The van der Waals surface area contributed by atoms with Gasteiger partial charge in [-0.05, 0) is 90.1 Å². The minimum absolute atomic E-state index is 0.0633. The molecule has 3 amide bonds. The highest BCUT2D eigenvalue weighted by Crippen LogP contribution is 2.35. The number of aromatic nitrogens is 1. The number of nitrogens with one attached hydrogen (secondary N) is 1. The first kappa shape index (κ1) is 33.6. The number of halogens is 1. The molecule has 2 aromatic rings. The fourth-order valence-electron chi connectivity index (χ4n) is 6.74. The van der Waals surface area contributed by atoms with E-state index in [4.69, 9.17) is 9.15 Å². The Hall–Kier alpha value is -3.80. The molecule has 1 N–H and O–H groups in total. The third kappa shape index (κ3) is 7.59. The van der Waals surface area contributed by atoms with E-state index in [0.29, 0.717) is 13.1 Å². The Morgan fingerprint density at radius 1 is 1.04 bits per heavy atom. The molecule has 1 aromatic heterocycles. The first-order valence-corrected chi connectivity index (χ1v) is 16.4. The molecule has 4 atom stereocenters. The summed E-state index contributed by atoms with van der Waals surface area (Å²) < 4.78 is 24.8. The van der Waals surface area contributed by atoms with E-state index in [0.717, 1.165) is 51.5 Å². The number of ketones is 1. The zero-order chi connectivity index (χ0) is 33.2. The topological polar surface area (TPSA) is 125 Å².